The minimum Gasteiger partial charge on any atom is -0.471 e. The highest BCUT2D eigenvalue weighted by molar-refractivity contribution is 5.90. The second-order valence-electron chi connectivity index (χ2n) is 4.59. The predicted molar refractivity (Wildman–Crippen MR) is 58.6 cm³/mol. The molecule has 0 spiro atoms. The van der Waals surface area contributed by atoms with E-state index in [1.807, 2.05) is 13.0 Å². The fourth-order valence-corrected chi connectivity index (χ4v) is 2.69. The Morgan fingerprint density at radius 2 is 2.41 bits per heavy atom. The summed E-state index contributed by atoms with van der Waals surface area (Å²) >= 11 is 0. The Kier molecular flexibility index (Phi) is 2.97. The van der Waals surface area contributed by atoms with Gasteiger partial charge in [-0.2, -0.15) is 0 Å². The quantitative estimate of drug-likeness (QED) is 0.537. The minimum absolute atomic E-state index is 0.144. The molecule has 1 aliphatic carbocycles. The Hall–Kier alpha value is -1.33. The topological polar surface area (TPSA) is 76.0 Å². The van der Waals surface area contributed by atoms with Crippen LogP contribution in [0.4, 0.5) is 0 Å². The number of allylic oxidation sites excluding steroid dienone is 1. The summed E-state index contributed by atoms with van der Waals surface area (Å²) in [6, 6.07) is 0. The zero-order valence-corrected chi connectivity index (χ0v) is 9.84. The zero-order valence-electron chi connectivity index (χ0n) is 9.84. The fourth-order valence-electron chi connectivity index (χ4n) is 2.69. The predicted octanol–water partition coefficient (Wildman–Crippen LogP) is 0.337. The van der Waals surface area contributed by atoms with Gasteiger partial charge in [-0.25, -0.2) is 4.79 Å². The van der Waals surface area contributed by atoms with Crippen molar-refractivity contribution in [3.05, 3.63) is 23.5 Å². The minimum atomic E-state index is -1.03. The number of fused-ring (bicyclic) bond motifs is 1. The number of carbonyl (C=O) groups excluding carboxylic acids is 1. The van der Waals surface area contributed by atoms with E-state index in [-0.39, 0.29) is 6.61 Å². The Morgan fingerprint density at radius 3 is 3.00 bits per heavy atom. The molecule has 1 heterocycles. The van der Waals surface area contributed by atoms with Crippen LogP contribution in [-0.2, 0) is 14.3 Å². The SMILES string of the molecule is COC(=O)C1=CO[C@@H](O)[C@@H]2C(CO)=CC[C@]12C. The van der Waals surface area contributed by atoms with Crippen molar-refractivity contribution in [1.82, 2.24) is 0 Å². The number of esters is 1. The van der Waals surface area contributed by atoms with Gasteiger partial charge in [0.15, 0.2) is 0 Å². The van der Waals surface area contributed by atoms with Crippen molar-refractivity contribution in [3.8, 4) is 0 Å². The highest BCUT2D eigenvalue weighted by atomic mass is 16.6. The summed E-state index contributed by atoms with van der Waals surface area (Å²) in [6.45, 7) is 1.72. The highest BCUT2D eigenvalue weighted by Crippen LogP contribution is 2.52. The monoisotopic (exact) mass is 240 g/mol. The van der Waals surface area contributed by atoms with E-state index in [0.29, 0.717) is 17.6 Å². The van der Waals surface area contributed by atoms with E-state index in [1.165, 1.54) is 13.4 Å². The smallest absolute Gasteiger partial charge is 0.337 e. The van der Waals surface area contributed by atoms with Crippen molar-refractivity contribution in [2.24, 2.45) is 11.3 Å². The molecule has 17 heavy (non-hydrogen) atoms. The molecule has 0 amide bonds. The van der Waals surface area contributed by atoms with Gasteiger partial charge in [0.25, 0.3) is 0 Å². The average molecular weight is 240 g/mol. The van der Waals surface area contributed by atoms with Crippen LogP contribution in [0.3, 0.4) is 0 Å². The first-order valence-electron chi connectivity index (χ1n) is 5.47. The molecule has 1 aliphatic heterocycles. The van der Waals surface area contributed by atoms with Crippen LogP contribution in [0.15, 0.2) is 23.5 Å². The van der Waals surface area contributed by atoms with E-state index in [2.05, 4.69) is 0 Å². The third-order valence-electron chi connectivity index (χ3n) is 3.69. The van der Waals surface area contributed by atoms with Gasteiger partial charge in [0.05, 0.1) is 31.5 Å². The van der Waals surface area contributed by atoms with Gasteiger partial charge in [0, 0.05) is 5.41 Å². The molecule has 2 N–H and O–H groups in total. The number of aliphatic hydroxyl groups is 2. The molecule has 2 rings (SSSR count). The molecule has 0 bridgehead atoms. The van der Waals surface area contributed by atoms with Crippen LogP contribution in [0.5, 0.6) is 0 Å². The van der Waals surface area contributed by atoms with Gasteiger partial charge in [-0.3, -0.25) is 0 Å². The van der Waals surface area contributed by atoms with Gasteiger partial charge < -0.3 is 19.7 Å². The van der Waals surface area contributed by atoms with E-state index in [1.54, 1.807) is 0 Å². The lowest BCUT2D eigenvalue weighted by Gasteiger charge is -2.39. The lowest BCUT2D eigenvalue weighted by Crippen LogP contribution is -2.42. The molecule has 94 valence electrons. The zero-order chi connectivity index (χ0) is 12.6. The van der Waals surface area contributed by atoms with Crippen LogP contribution >= 0.6 is 0 Å². The lowest BCUT2D eigenvalue weighted by atomic mass is 9.70. The number of carbonyl (C=O) groups is 1. The van der Waals surface area contributed by atoms with Crippen molar-refractivity contribution >= 4 is 5.97 Å². The first kappa shape index (κ1) is 12.1. The van der Waals surface area contributed by atoms with E-state index >= 15 is 0 Å². The molecular weight excluding hydrogens is 224 g/mol. The van der Waals surface area contributed by atoms with Crippen molar-refractivity contribution in [2.45, 2.75) is 19.6 Å². The molecule has 0 radical (unpaired) electrons. The van der Waals surface area contributed by atoms with Crippen LogP contribution in [0.25, 0.3) is 0 Å². The summed E-state index contributed by atoms with van der Waals surface area (Å²) in [7, 11) is 1.31. The average Bonchev–Trinajstić information content (AvgIpc) is 2.67. The van der Waals surface area contributed by atoms with Gasteiger partial charge in [-0.05, 0) is 12.0 Å². The second-order valence-corrected chi connectivity index (χ2v) is 4.59. The molecule has 0 saturated carbocycles. The molecule has 5 heteroatoms. The molecule has 0 aromatic rings. The van der Waals surface area contributed by atoms with Gasteiger partial charge >= 0.3 is 5.97 Å². The van der Waals surface area contributed by atoms with Crippen LogP contribution in [0, 0.1) is 11.3 Å². The van der Waals surface area contributed by atoms with Crippen molar-refractivity contribution < 1.29 is 24.5 Å². The molecular formula is C12H16O5. The maximum absolute atomic E-state index is 11.7. The summed E-state index contributed by atoms with van der Waals surface area (Å²) < 4.78 is 9.78. The summed E-state index contributed by atoms with van der Waals surface area (Å²) in [4.78, 5) is 11.7. The van der Waals surface area contributed by atoms with Crippen LogP contribution in [0.1, 0.15) is 13.3 Å². The number of hydrogen-bond donors (Lipinski definition) is 2. The fraction of sp³-hybridized carbons (Fsp3) is 0.583. The summed E-state index contributed by atoms with van der Waals surface area (Å²) in [5.41, 5.74) is 0.535. The van der Waals surface area contributed by atoms with Crippen molar-refractivity contribution in [2.75, 3.05) is 13.7 Å². The first-order chi connectivity index (χ1) is 8.04. The summed E-state index contributed by atoms with van der Waals surface area (Å²) in [5.74, 6) is -0.858. The second kappa shape index (κ2) is 4.16. The number of rotatable bonds is 2. The molecule has 2 aliphatic rings. The number of aliphatic hydroxyl groups excluding tert-OH is 2. The number of methoxy groups -OCH3 is 1. The van der Waals surface area contributed by atoms with Gasteiger partial charge in [0.2, 0.25) is 6.29 Å². The van der Waals surface area contributed by atoms with Crippen LogP contribution in [-0.4, -0.2) is 36.2 Å². The molecule has 0 unspecified atom stereocenters. The van der Waals surface area contributed by atoms with Gasteiger partial charge in [-0.15, -0.1) is 0 Å². The summed E-state index contributed by atoms with van der Waals surface area (Å²) in [6.07, 6.45) is 2.66. The maximum Gasteiger partial charge on any atom is 0.337 e. The summed E-state index contributed by atoms with van der Waals surface area (Å²) in [5, 5.41) is 19.1. The lowest BCUT2D eigenvalue weighted by molar-refractivity contribution is -0.147. The van der Waals surface area contributed by atoms with E-state index in [9.17, 15) is 15.0 Å². The molecule has 0 aromatic heterocycles. The van der Waals surface area contributed by atoms with Crippen molar-refractivity contribution in [3.63, 3.8) is 0 Å². The van der Waals surface area contributed by atoms with Crippen molar-refractivity contribution in [1.29, 1.82) is 0 Å². The Morgan fingerprint density at radius 1 is 1.71 bits per heavy atom. The maximum atomic E-state index is 11.7. The third-order valence-corrected chi connectivity index (χ3v) is 3.69. The third kappa shape index (κ3) is 1.66. The molecule has 3 atom stereocenters. The molecule has 5 nitrogen and oxygen atoms in total. The molecule has 0 saturated heterocycles. The van der Waals surface area contributed by atoms with Crippen LogP contribution in [0.2, 0.25) is 0 Å². The van der Waals surface area contributed by atoms with E-state index in [4.69, 9.17) is 9.47 Å². The largest absolute Gasteiger partial charge is 0.471 e. The normalized spacial score (nSPS) is 35.5. The van der Waals surface area contributed by atoms with E-state index < -0.39 is 23.6 Å². The van der Waals surface area contributed by atoms with Gasteiger partial charge in [-0.1, -0.05) is 13.0 Å². The molecule has 0 fully saturated rings. The van der Waals surface area contributed by atoms with Crippen LogP contribution < -0.4 is 0 Å². The standard InChI is InChI=1S/C12H16O5/c1-12-4-3-7(5-13)9(12)11(15)17-6-8(12)10(14)16-2/h3,6,9,11,13,15H,4-5H2,1-2H3/t9-,11+,12+/m0/s1. The first-order valence-corrected chi connectivity index (χ1v) is 5.47. The Bertz CT molecular complexity index is 398. The Labute approximate surface area is 99.3 Å². The molecule has 0 aromatic carbocycles. The number of ether oxygens (including phenoxy) is 2. The highest BCUT2D eigenvalue weighted by Gasteiger charge is 2.52. The van der Waals surface area contributed by atoms with E-state index in [0.717, 1.165) is 0 Å². The number of hydrogen-bond acceptors (Lipinski definition) is 5. The van der Waals surface area contributed by atoms with Gasteiger partial charge in [0.1, 0.15) is 0 Å². The Balaban J connectivity index is 2.39.